The molecule has 0 aliphatic rings. The maximum absolute atomic E-state index is 13.5. The van der Waals surface area contributed by atoms with E-state index >= 15 is 0 Å². The SMILES string of the molecule is COc1ccc(C(CC(=O)O)C(C)N)cc1F. The second-order valence-electron chi connectivity index (χ2n) is 3.96. The molecule has 0 amide bonds. The fourth-order valence-corrected chi connectivity index (χ4v) is 1.71. The Hall–Kier alpha value is -1.62. The molecule has 0 saturated heterocycles. The van der Waals surface area contributed by atoms with E-state index in [1.807, 2.05) is 0 Å². The van der Waals surface area contributed by atoms with E-state index in [2.05, 4.69) is 0 Å². The van der Waals surface area contributed by atoms with E-state index in [1.165, 1.54) is 19.2 Å². The van der Waals surface area contributed by atoms with E-state index in [1.54, 1.807) is 13.0 Å². The number of nitrogens with two attached hydrogens (primary N) is 1. The first-order valence-electron chi connectivity index (χ1n) is 5.26. The van der Waals surface area contributed by atoms with Crippen LogP contribution in [0.1, 0.15) is 24.8 Å². The molecule has 2 unspecified atom stereocenters. The summed E-state index contributed by atoms with van der Waals surface area (Å²) in [6.07, 6.45) is -0.122. The standard InChI is InChI=1S/C12H16FNO3/c1-7(14)9(6-12(15)16)8-3-4-11(17-2)10(13)5-8/h3-5,7,9H,6,14H2,1-2H3,(H,15,16). The van der Waals surface area contributed by atoms with Gasteiger partial charge in [-0.3, -0.25) is 4.79 Å². The largest absolute Gasteiger partial charge is 0.494 e. The van der Waals surface area contributed by atoms with Crippen LogP contribution in [0.15, 0.2) is 18.2 Å². The van der Waals surface area contributed by atoms with Gasteiger partial charge in [-0.25, -0.2) is 4.39 Å². The van der Waals surface area contributed by atoms with Crippen molar-refractivity contribution in [3.8, 4) is 5.75 Å². The molecule has 0 aliphatic heterocycles. The summed E-state index contributed by atoms with van der Waals surface area (Å²) in [5.74, 6) is -1.75. The smallest absolute Gasteiger partial charge is 0.304 e. The Balaban J connectivity index is 3.02. The summed E-state index contributed by atoms with van der Waals surface area (Å²) < 4.78 is 18.3. The van der Waals surface area contributed by atoms with Crippen molar-refractivity contribution in [2.24, 2.45) is 5.73 Å². The van der Waals surface area contributed by atoms with Crippen LogP contribution in [0, 0.1) is 5.82 Å². The monoisotopic (exact) mass is 241 g/mol. The van der Waals surface area contributed by atoms with Crippen molar-refractivity contribution in [1.29, 1.82) is 0 Å². The number of carboxylic acid groups (broad SMARTS) is 1. The molecule has 1 aromatic carbocycles. The fourth-order valence-electron chi connectivity index (χ4n) is 1.71. The first-order valence-corrected chi connectivity index (χ1v) is 5.26. The maximum Gasteiger partial charge on any atom is 0.304 e. The Morgan fingerprint density at radius 2 is 2.24 bits per heavy atom. The summed E-state index contributed by atoms with van der Waals surface area (Å²) in [5.41, 5.74) is 6.29. The number of ether oxygens (including phenoxy) is 1. The minimum atomic E-state index is -0.955. The molecule has 0 aliphatic carbocycles. The van der Waals surface area contributed by atoms with Gasteiger partial charge in [0.25, 0.3) is 0 Å². The molecule has 5 heteroatoms. The van der Waals surface area contributed by atoms with E-state index in [-0.39, 0.29) is 18.2 Å². The third-order valence-corrected chi connectivity index (χ3v) is 2.63. The number of aliphatic carboxylic acids is 1. The Kier molecular flexibility index (Phi) is 4.45. The summed E-state index contributed by atoms with van der Waals surface area (Å²) in [6.45, 7) is 1.70. The van der Waals surface area contributed by atoms with Crippen LogP contribution in [0.2, 0.25) is 0 Å². The van der Waals surface area contributed by atoms with Gasteiger partial charge in [-0.05, 0) is 24.6 Å². The van der Waals surface area contributed by atoms with E-state index in [4.69, 9.17) is 15.6 Å². The average Bonchev–Trinajstić information content (AvgIpc) is 2.25. The molecule has 0 heterocycles. The highest BCUT2D eigenvalue weighted by molar-refractivity contribution is 5.68. The normalized spacial score (nSPS) is 14.1. The van der Waals surface area contributed by atoms with Gasteiger partial charge in [-0.15, -0.1) is 0 Å². The number of hydrogen-bond acceptors (Lipinski definition) is 3. The number of carboxylic acids is 1. The zero-order valence-corrected chi connectivity index (χ0v) is 9.81. The van der Waals surface area contributed by atoms with Crippen LogP contribution in [0.5, 0.6) is 5.75 Å². The second kappa shape index (κ2) is 5.63. The molecule has 0 saturated carbocycles. The lowest BCUT2D eigenvalue weighted by atomic mass is 9.90. The number of hydrogen-bond donors (Lipinski definition) is 2. The molecule has 0 spiro atoms. The van der Waals surface area contributed by atoms with Gasteiger partial charge < -0.3 is 15.6 Å². The van der Waals surface area contributed by atoms with Crippen LogP contribution in [-0.4, -0.2) is 24.2 Å². The van der Waals surface area contributed by atoms with Gasteiger partial charge >= 0.3 is 5.97 Å². The van der Waals surface area contributed by atoms with E-state index in [9.17, 15) is 9.18 Å². The summed E-state index contributed by atoms with van der Waals surface area (Å²) >= 11 is 0. The van der Waals surface area contributed by atoms with Gasteiger partial charge in [0, 0.05) is 12.0 Å². The van der Waals surface area contributed by atoms with Crippen molar-refractivity contribution in [2.45, 2.75) is 25.3 Å². The third-order valence-electron chi connectivity index (χ3n) is 2.63. The molecule has 2 atom stereocenters. The number of benzene rings is 1. The summed E-state index contributed by atoms with van der Waals surface area (Å²) in [6, 6.07) is 4.02. The summed E-state index contributed by atoms with van der Waals surface area (Å²) in [5, 5.41) is 8.79. The van der Waals surface area contributed by atoms with Crippen LogP contribution in [0.25, 0.3) is 0 Å². The summed E-state index contributed by atoms with van der Waals surface area (Å²) in [4.78, 5) is 10.7. The minimum Gasteiger partial charge on any atom is -0.494 e. The number of rotatable bonds is 5. The van der Waals surface area contributed by atoms with E-state index in [0.717, 1.165) is 0 Å². The Morgan fingerprint density at radius 3 is 2.65 bits per heavy atom. The molecule has 0 radical (unpaired) electrons. The lowest BCUT2D eigenvalue weighted by molar-refractivity contribution is -0.137. The Morgan fingerprint density at radius 1 is 1.59 bits per heavy atom. The second-order valence-corrected chi connectivity index (χ2v) is 3.96. The van der Waals surface area contributed by atoms with Crippen molar-refractivity contribution in [3.05, 3.63) is 29.6 Å². The van der Waals surface area contributed by atoms with Gasteiger partial charge in [-0.2, -0.15) is 0 Å². The summed E-state index contributed by atoms with van der Waals surface area (Å²) in [7, 11) is 1.37. The zero-order valence-electron chi connectivity index (χ0n) is 9.81. The highest BCUT2D eigenvalue weighted by Crippen LogP contribution is 2.27. The van der Waals surface area contributed by atoms with Crippen molar-refractivity contribution in [1.82, 2.24) is 0 Å². The van der Waals surface area contributed by atoms with Crippen LogP contribution in [0.3, 0.4) is 0 Å². The maximum atomic E-state index is 13.5. The molecular formula is C12H16FNO3. The van der Waals surface area contributed by atoms with Crippen molar-refractivity contribution in [3.63, 3.8) is 0 Å². The zero-order chi connectivity index (χ0) is 13.0. The molecule has 17 heavy (non-hydrogen) atoms. The first-order chi connectivity index (χ1) is 7.95. The average molecular weight is 241 g/mol. The van der Waals surface area contributed by atoms with Crippen LogP contribution in [0.4, 0.5) is 4.39 Å². The predicted octanol–water partition coefficient (Wildman–Crippen LogP) is 1.74. The Bertz CT molecular complexity index is 407. The predicted molar refractivity (Wildman–Crippen MR) is 61.6 cm³/mol. The molecule has 0 fully saturated rings. The third kappa shape index (κ3) is 3.42. The highest BCUT2D eigenvalue weighted by atomic mass is 19.1. The minimum absolute atomic E-state index is 0.122. The quantitative estimate of drug-likeness (QED) is 0.823. The van der Waals surface area contributed by atoms with E-state index < -0.39 is 17.7 Å². The lowest BCUT2D eigenvalue weighted by Gasteiger charge is -2.19. The molecule has 1 rings (SSSR count). The first kappa shape index (κ1) is 13.4. The molecule has 3 N–H and O–H groups in total. The van der Waals surface area contributed by atoms with E-state index in [0.29, 0.717) is 5.56 Å². The molecule has 4 nitrogen and oxygen atoms in total. The van der Waals surface area contributed by atoms with Crippen molar-refractivity contribution in [2.75, 3.05) is 7.11 Å². The number of methoxy groups -OCH3 is 1. The fraction of sp³-hybridized carbons (Fsp3) is 0.417. The molecule has 94 valence electrons. The van der Waals surface area contributed by atoms with Crippen LogP contribution < -0.4 is 10.5 Å². The van der Waals surface area contributed by atoms with Gasteiger partial charge in [0.05, 0.1) is 13.5 Å². The van der Waals surface area contributed by atoms with Crippen molar-refractivity contribution < 1.29 is 19.0 Å². The van der Waals surface area contributed by atoms with Gasteiger partial charge in [0.15, 0.2) is 11.6 Å². The van der Waals surface area contributed by atoms with Crippen LogP contribution >= 0.6 is 0 Å². The molecule has 0 aromatic heterocycles. The highest BCUT2D eigenvalue weighted by Gasteiger charge is 2.20. The number of carbonyl (C=O) groups is 1. The van der Waals surface area contributed by atoms with Crippen LogP contribution in [-0.2, 0) is 4.79 Å². The van der Waals surface area contributed by atoms with Crippen molar-refractivity contribution >= 4 is 5.97 Å². The molecular weight excluding hydrogens is 225 g/mol. The molecule has 1 aromatic rings. The lowest BCUT2D eigenvalue weighted by Crippen LogP contribution is -2.27. The Labute approximate surface area is 99.2 Å². The molecule has 0 bridgehead atoms. The van der Waals surface area contributed by atoms with Gasteiger partial charge in [0.2, 0.25) is 0 Å². The number of halogens is 1. The topological polar surface area (TPSA) is 72.5 Å². The van der Waals surface area contributed by atoms with Gasteiger partial charge in [0.1, 0.15) is 0 Å². The van der Waals surface area contributed by atoms with Gasteiger partial charge in [-0.1, -0.05) is 6.07 Å².